The lowest BCUT2D eigenvalue weighted by Crippen LogP contribution is -2.39. The summed E-state index contributed by atoms with van der Waals surface area (Å²) in [5.74, 6) is -2.07. The van der Waals surface area contributed by atoms with E-state index in [2.05, 4.69) is 10.3 Å². The third-order valence-corrected chi connectivity index (χ3v) is 6.05. The number of esters is 1. The van der Waals surface area contributed by atoms with Gasteiger partial charge in [-0.25, -0.2) is 14.2 Å². The van der Waals surface area contributed by atoms with E-state index in [0.29, 0.717) is 16.9 Å². The summed E-state index contributed by atoms with van der Waals surface area (Å²) in [5, 5.41) is 4.15. The molecule has 0 saturated carbocycles. The molecule has 6 nitrogen and oxygen atoms in total. The Morgan fingerprint density at radius 1 is 1.11 bits per heavy atom. The van der Waals surface area contributed by atoms with Gasteiger partial charge in [0, 0.05) is 11.4 Å². The minimum Gasteiger partial charge on any atom is -0.463 e. The average molecular weight is 505 g/mol. The second-order valence-corrected chi connectivity index (χ2v) is 8.35. The van der Waals surface area contributed by atoms with Crippen LogP contribution in [-0.2, 0) is 14.3 Å². The van der Waals surface area contributed by atoms with Crippen molar-refractivity contribution < 1.29 is 31.9 Å². The van der Waals surface area contributed by atoms with Crippen LogP contribution < -0.4 is 5.32 Å². The number of nitrogens with zero attached hydrogens (tertiary/aromatic N) is 2. The number of rotatable bonds is 6. The van der Waals surface area contributed by atoms with E-state index < -0.39 is 41.2 Å². The zero-order valence-corrected chi connectivity index (χ0v) is 19.1. The van der Waals surface area contributed by atoms with Gasteiger partial charge in [-0.15, -0.1) is 0 Å². The summed E-state index contributed by atoms with van der Waals surface area (Å²) in [6, 6.07) is 12.1. The molecule has 0 radical (unpaired) electrons. The summed E-state index contributed by atoms with van der Waals surface area (Å²) in [6.07, 6.45) is -5.12. The van der Waals surface area contributed by atoms with Crippen LogP contribution in [0.3, 0.4) is 0 Å². The van der Waals surface area contributed by atoms with Crippen molar-refractivity contribution in [3.05, 3.63) is 88.4 Å². The molecule has 0 aliphatic carbocycles. The molecule has 35 heavy (non-hydrogen) atoms. The van der Waals surface area contributed by atoms with Gasteiger partial charge in [0.05, 0.1) is 24.6 Å². The Labute approximate surface area is 202 Å². The number of amides is 1. The number of alkyl halides is 3. The van der Waals surface area contributed by atoms with E-state index in [0.717, 1.165) is 11.8 Å². The SMILES string of the molecule is CCOC(=O)C1=C(C(F)(F)F)N=C2SC=C(CC(=O)Nc3ccc(F)cc3)N2C1c1ccccc1. The van der Waals surface area contributed by atoms with Gasteiger partial charge in [0.15, 0.2) is 10.9 Å². The third-order valence-electron chi connectivity index (χ3n) is 5.16. The van der Waals surface area contributed by atoms with Crippen LogP contribution in [0.25, 0.3) is 0 Å². The van der Waals surface area contributed by atoms with Gasteiger partial charge in [-0.3, -0.25) is 4.79 Å². The minimum absolute atomic E-state index is 0.0104. The number of hydrogen-bond acceptors (Lipinski definition) is 6. The largest absolute Gasteiger partial charge is 0.463 e. The molecule has 0 fully saturated rings. The van der Waals surface area contributed by atoms with Gasteiger partial charge in [0.1, 0.15) is 5.82 Å². The average Bonchev–Trinajstić information content (AvgIpc) is 3.22. The number of aliphatic imine (C=N–C) groups is 1. The summed E-state index contributed by atoms with van der Waals surface area (Å²) in [7, 11) is 0. The van der Waals surface area contributed by atoms with E-state index in [1.54, 1.807) is 30.3 Å². The number of anilines is 1. The van der Waals surface area contributed by atoms with Crippen LogP contribution in [0.15, 0.2) is 82.0 Å². The highest BCUT2D eigenvalue weighted by atomic mass is 32.2. The van der Waals surface area contributed by atoms with Gasteiger partial charge in [-0.1, -0.05) is 42.1 Å². The number of halogens is 4. The number of carbonyl (C=O) groups excluding carboxylic acids is 2. The number of amidine groups is 1. The van der Waals surface area contributed by atoms with Crippen molar-refractivity contribution >= 4 is 34.5 Å². The highest BCUT2D eigenvalue weighted by molar-refractivity contribution is 8.16. The first-order valence-electron chi connectivity index (χ1n) is 10.5. The predicted molar refractivity (Wildman–Crippen MR) is 123 cm³/mol. The first kappa shape index (κ1) is 24.5. The maximum Gasteiger partial charge on any atom is 0.434 e. The molecule has 4 rings (SSSR count). The Hall–Kier alpha value is -3.60. The number of carbonyl (C=O) groups is 2. The lowest BCUT2D eigenvalue weighted by atomic mass is 9.93. The molecule has 2 heterocycles. The summed E-state index contributed by atoms with van der Waals surface area (Å²) in [6.45, 7) is 1.38. The van der Waals surface area contributed by atoms with Gasteiger partial charge < -0.3 is 15.0 Å². The van der Waals surface area contributed by atoms with Crippen molar-refractivity contribution in [3.8, 4) is 0 Å². The van der Waals surface area contributed by atoms with Crippen LogP contribution in [0.5, 0.6) is 0 Å². The summed E-state index contributed by atoms with van der Waals surface area (Å²) in [5.41, 5.74) is -0.862. The number of allylic oxidation sites excluding steroid dienone is 1. The molecule has 1 amide bonds. The maximum absolute atomic E-state index is 14.0. The number of hydrogen-bond donors (Lipinski definition) is 1. The molecule has 11 heteroatoms. The molecular weight excluding hydrogens is 486 g/mol. The van der Waals surface area contributed by atoms with Crippen molar-refractivity contribution in [2.75, 3.05) is 11.9 Å². The first-order valence-corrected chi connectivity index (χ1v) is 11.4. The predicted octanol–water partition coefficient (Wildman–Crippen LogP) is 5.53. The minimum atomic E-state index is -4.91. The summed E-state index contributed by atoms with van der Waals surface area (Å²) in [4.78, 5) is 30.7. The lowest BCUT2D eigenvalue weighted by molar-refractivity contribution is -0.140. The second kappa shape index (κ2) is 9.95. The number of fused-ring (bicyclic) bond motifs is 1. The molecule has 2 aromatic rings. The van der Waals surface area contributed by atoms with Gasteiger partial charge in [0.25, 0.3) is 0 Å². The summed E-state index contributed by atoms with van der Waals surface area (Å²) < 4.78 is 60.2. The van der Waals surface area contributed by atoms with E-state index in [4.69, 9.17) is 4.74 Å². The Morgan fingerprint density at radius 3 is 2.43 bits per heavy atom. The molecule has 0 bridgehead atoms. The number of nitrogens with one attached hydrogen (secondary N) is 1. The molecule has 1 N–H and O–H groups in total. The van der Waals surface area contributed by atoms with E-state index in [9.17, 15) is 27.2 Å². The monoisotopic (exact) mass is 505 g/mol. The summed E-state index contributed by atoms with van der Waals surface area (Å²) >= 11 is 0.928. The van der Waals surface area contributed by atoms with Crippen molar-refractivity contribution in [3.63, 3.8) is 0 Å². The van der Waals surface area contributed by atoms with Crippen LogP contribution in [0.1, 0.15) is 24.9 Å². The molecule has 1 unspecified atom stereocenters. The number of ether oxygens (including phenoxy) is 1. The fourth-order valence-electron chi connectivity index (χ4n) is 3.74. The number of benzene rings is 2. The molecule has 0 saturated heterocycles. The Morgan fingerprint density at radius 2 is 1.80 bits per heavy atom. The zero-order chi connectivity index (χ0) is 25.2. The quantitative estimate of drug-likeness (QED) is 0.413. The Bertz CT molecular complexity index is 1220. The van der Waals surface area contributed by atoms with Gasteiger partial charge in [0.2, 0.25) is 5.91 Å². The Balaban J connectivity index is 1.72. The van der Waals surface area contributed by atoms with Crippen molar-refractivity contribution in [1.82, 2.24) is 4.90 Å². The molecule has 2 aromatic carbocycles. The normalized spacial score (nSPS) is 17.5. The van der Waals surface area contributed by atoms with Crippen LogP contribution >= 0.6 is 11.8 Å². The molecule has 182 valence electrons. The molecule has 2 aliphatic rings. The van der Waals surface area contributed by atoms with Crippen LogP contribution in [-0.4, -0.2) is 34.7 Å². The molecule has 1 atom stereocenters. The van der Waals surface area contributed by atoms with Crippen molar-refractivity contribution in [1.29, 1.82) is 0 Å². The molecule has 2 aliphatic heterocycles. The van der Waals surface area contributed by atoms with Gasteiger partial charge in [-0.2, -0.15) is 13.2 Å². The fraction of sp³-hybridized carbons (Fsp3) is 0.208. The van der Waals surface area contributed by atoms with E-state index in [1.165, 1.54) is 41.5 Å². The van der Waals surface area contributed by atoms with Crippen molar-refractivity contribution in [2.45, 2.75) is 25.6 Å². The number of thioether (sulfide) groups is 1. The fourth-order valence-corrected chi connectivity index (χ4v) is 4.66. The smallest absolute Gasteiger partial charge is 0.434 e. The second-order valence-electron chi connectivity index (χ2n) is 7.52. The lowest BCUT2D eigenvalue weighted by Gasteiger charge is -2.36. The Kier molecular flexibility index (Phi) is 6.97. The van der Waals surface area contributed by atoms with Crippen molar-refractivity contribution in [2.24, 2.45) is 4.99 Å². The molecular formula is C24H19F4N3O3S. The highest BCUT2D eigenvalue weighted by Gasteiger charge is 2.49. The van der Waals surface area contributed by atoms with Gasteiger partial charge >= 0.3 is 12.1 Å². The van der Waals surface area contributed by atoms with Crippen LogP contribution in [0.2, 0.25) is 0 Å². The van der Waals surface area contributed by atoms with Gasteiger partial charge in [-0.05, 0) is 42.2 Å². The van der Waals surface area contributed by atoms with E-state index >= 15 is 0 Å². The van der Waals surface area contributed by atoms with Crippen LogP contribution in [0, 0.1) is 5.82 Å². The standard InChI is InChI=1S/C24H19F4N3O3S/c1-2-34-22(33)19-20(14-6-4-3-5-7-14)31-17(13-35-23(31)30-21(19)24(26,27)28)12-18(32)29-16-10-8-15(25)9-11-16/h3-11,13,20H,2,12H2,1H3,(H,29,32). The maximum atomic E-state index is 14.0. The third kappa shape index (κ3) is 5.24. The zero-order valence-electron chi connectivity index (χ0n) is 18.3. The van der Waals surface area contributed by atoms with E-state index in [1.807, 2.05) is 0 Å². The van der Waals surface area contributed by atoms with Crippen LogP contribution in [0.4, 0.5) is 23.2 Å². The topological polar surface area (TPSA) is 71.0 Å². The first-order chi connectivity index (χ1) is 16.7. The molecule has 0 aromatic heterocycles. The molecule has 0 spiro atoms. The van der Waals surface area contributed by atoms with E-state index in [-0.39, 0.29) is 18.2 Å². The highest BCUT2D eigenvalue weighted by Crippen LogP contribution is 2.48.